The summed E-state index contributed by atoms with van der Waals surface area (Å²) in [6, 6.07) is 7.18. The van der Waals surface area contributed by atoms with Crippen LogP contribution >= 0.6 is 11.6 Å². The van der Waals surface area contributed by atoms with E-state index in [1.807, 2.05) is 6.92 Å². The number of rotatable bonds is 6. The summed E-state index contributed by atoms with van der Waals surface area (Å²) in [4.78, 5) is 11.9. The van der Waals surface area contributed by atoms with E-state index in [0.717, 1.165) is 18.8 Å². The summed E-state index contributed by atoms with van der Waals surface area (Å²) in [5.41, 5.74) is 0.662. The van der Waals surface area contributed by atoms with Gasteiger partial charge < -0.3 is 5.32 Å². The number of carbonyl (C=O) groups excluding carboxylic acids is 1. The van der Waals surface area contributed by atoms with Crippen molar-refractivity contribution in [2.45, 2.75) is 46.1 Å². The van der Waals surface area contributed by atoms with Crippen LogP contribution in [0.15, 0.2) is 24.3 Å². The molecule has 3 heteroatoms. The van der Waals surface area contributed by atoms with Crippen molar-refractivity contribution in [2.24, 2.45) is 5.92 Å². The summed E-state index contributed by atoms with van der Waals surface area (Å²) in [6.45, 7) is 6.49. The van der Waals surface area contributed by atoms with Gasteiger partial charge in [0.1, 0.15) is 0 Å². The van der Waals surface area contributed by atoms with Crippen LogP contribution in [0.1, 0.15) is 50.4 Å². The molecule has 0 aliphatic heterocycles. The number of hydrogen-bond donors (Lipinski definition) is 1. The van der Waals surface area contributed by atoms with E-state index in [1.165, 1.54) is 6.42 Å². The molecule has 0 fully saturated rings. The first-order valence-corrected chi connectivity index (χ1v) is 6.93. The van der Waals surface area contributed by atoms with Gasteiger partial charge in [0.15, 0.2) is 0 Å². The van der Waals surface area contributed by atoms with Crippen molar-refractivity contribution in [3.05, 3.63) is 34.9 Å². The first-order valence-electron chi connectivity index (χ1n) is 6.55. The molecule has 0 saturated carbocycles. The Hall–Kier alpha value is -1.02. The van der Waals surface area contributed by atoms with Gasteiger partial charge in [-0.25, -0.2) is 0 Å². The summed E-state index contributed by atoms with van der Waals surface area (Å²) < 4.78 is 0. The van der Waals surface area contributed by atoms with E-state index in [0.29, 0.717) is 10.6 Å². The minimum atomic E-state index is -0.0243. The van der Waals surface area contributed by atoms with Crippen LogP contribution in [0, 0.1) is 5.92 Å². The first-order chi connectivity index (χ1) is 8.49. The number of benzene rings is 1. The molecule has 1 amide bonds. The van der Waals surface area contributed by atoms with E-state index < -0.39 is 0 Å². The molecular formula is C15H22ClNO. The van der Waals surface area contributed by atoms with E-state index in [4.69, 9.17) is 11.6 Å². The zero-order valence-electron chi connectivity index (χ0n) is 11.4. The second kappa shape index (κ2) is 7.42. The molecule has 0 bridgehead atoms. The Bertz CT molecular complexity index is 373. The average molecular weight is 268 g/mol. The highest BCUT2D eigenvalue weighted by Gasteiger charge is 2.09. The Morgan fingerprint density at radius 3 is 2.33 bits per heavy atom. The fourth-order valence-electron chi connectivity index (χ4n) is 1.81. The quantitative estimate of drug-likeness (QED) is 0.819. The Morgan fingerprint density at radius 1 is 1.17 bits per heavy atom. The Morgan fingerprint density at radius 2 is 1.78 bits per heavy atom. The lowest BCUT2D eigenvalue weighted by atomic mass is 10.0. The molecule has 0 spiro atoms. The molecule has 1 unspecified atom stereocenters. The summed E-state index contributed by atoms with van der Waals surface area (Å²) >= 11 is 5.79. The van der Waals surface area contributed by atoms with Crippen molar-refractivity contribution in [3.63, 3.8) is 0 Å². The second-order valence-electron chi connectivity index (χ2n) is 5.21. The van der Waals surface area contributed by atoms with Crippen LogP contribution in [0.5, 0.6) is 0 Å². The van der Waals surface area contributed by atoms with Gasteiger partial charge in [-0.3, -0.25) is 4.79 Å². The normalized spacial score (nSPS) is 12.5. The molecule has 1 atom stereocenters. The maximum atomic E-state index is 11.9. The smallest absolute Gasteiger partial charge is 0.251 e. The highest BCUT2D eigenvalue weighted by molar-refractivity contribution is 6.30. The molecule has 0 saturated heterocycles. The second-order valence-corrected chi connectivity index (χ2v) is 5.64. The molecule has 1 rings (SSSR count). The van der Waals surface area contributed by atoms with Crippen molar-refractivity contribution in [1.82, 2.24) is 5.32 Å². The van der Waals surface area contributed by atoms with Gasteiger partial charge in [0, 0.05) is 16.6 Å². The van der Waals surface area contributed by atoms with Gasteiger partial charge in [0.05, 0.1) is 0 Å². The third-order valence-electron chi connectivity index (χ3n) is 2.90. The molecule has 1 N–H and O–H groups in total. The topological polar surface area (TPSA) is 29.1 Å². The molecule has 1 aromatic rings. The van der Waals surface area contributed by atoms with Crippen LogP contribution in [-0.2, 0) is 0 Å². The highest BCUT2D eigenvalue weighted by Crippen LogP contribution is 2.11. The fourth-order valence-corrected chi connectivity index (χ4v) is 1.94. The van der Waals surface area contributed by atoms with Crippen LogP contribution in [0.2, 0.25) is 5.02 Å². The van der Waals surface area contributed by atoms with E-state index in [9.17, 15) is 4.79 Å². The standard InChI is InChI=1S/C15H22ClNO/c1-11(2)5-4-6-12(3)17-15(18)13-7-9-14(16)10-8-13/h7-12H,4-6H2,1-3H3,(H,17,18). The van der Waals surface area contributed by atoms with Crippen LogP contribution in [0.4, 0.5) is 0 Å². The lowest BCUT2D eigenvalue weighted by Gasteiger charge is -2.14. The summed E-state index contributed by atoms with van der Waals surface area (Å²) in [5.74, 6) is 0.702. The predicted molar refractivity (Wildman–Crippen MR) is 77.1 cm³/mol. The van der Waals surface area contributed by atoms with Crippen molar-refractivity contribution < 1.29 is 4.79 Å². The minimum absolute atomic E-state index is 0.0243. The van der Waals surface area contributed by atoms with Gasteiger partial charge in [-0.2, -0.15) is 0 Å². The lowest BCUT2D eigenvalue weighted by molar-refractivity contribution is 0.0938. The number of hydrogen-bond acceptors (Lipinski definition) is 1. The van der Waals surface area contributed by atoms with E-state index in [2.05, 4.69) is 19.2 Å². The monoisotopic (exact) mass is 267 g/mol. The van der Waals surface area contributed by atoms with Crippen molar-refractivity contribution >= 4 is 17.5 Å². The molecule has 0 heterocycles. The van der Waals surface area contributed by atoms with Crippen molar-refractivity contribution in [3.8, 4) is 0 Å². The fraction of sp³-hybridized carbons (Fsp3) is 0.533. The van der Waals surface area contributed by atoms with E-state index in [1.54, 1.807) is 24.3 Å². The zero-order valence-corrected chi connectivity index (χ0v) is 12.1. The number of halogens is 1. The number of nitrogens with one attached hydrogen (secondary N) is 1. The molecule has 2 nitrogen and oxygen atoms in total. The molecule has 0 aliphatic carbocycles. The lowest BCUT2D eigenvalue weighted by Crippen LogP contribution is -2.32. The SMILES string of the molecule is CC(C)CCCC(C)NC(=O)c1ccc(Cl)cc1. The molecule has 18 heavy (non-hydrogen) atoms. The molecule has 100 valence electrons. The van der Waals surface area contributed by atoms with Gasteiger partial charge in [-0.1, -0.05) is 38.3 Å². The van der Waals surface area contributed by atoms with Gasteiger partial charge in [0.25, 0.3) is 5.91 Å². The third kappa shape index (κ3) is 5.54. The molecule has 0 aliphatic rings. The maximum absolute atomic E-state index is 11.9. The predicted octanol–water partition coefficient (Wildman–Crippen LogP) is 4.28. The minimum Gasteiger partial charge on any atom is -0.350 e. The van der Waals surface area contributed by atoms with Gasteiger partial charge in [-0.05, 0) is 43.5 Å². The van der Waals surface area contributed by atoms with Crippen LogP contribution in [0.3, 0.4) is 0 Å². The van der Waals surface area contributed by atoms with E-state index in [-0.39, 0.29) is 11.9 Å². The first kappa shape index (κ1) is 15.0. The summed E-state index contributed by atoms with van der Waals surface area (Å²) in [5, 5.41) is 3.66. The van der Waals surface area contributed by atoms with Crippen LogP contribution < -0.4 is 5.32 Å². The largest absolute Gasteiger partial charge is 0.350 e. The number of carbonyl (C=O) groups is 1. The van der Waals surface area contributed by atoms with Crippen molar-refractivity contribution in [1.29, 1.82) is 0 Å². The van der Waals surface area contributed by atoms with Gasteiger partial charge in [-0.15, -0.1) is 0 Å². The Kier molecular flexibility index (Phi) is 6.20. The summed E-state index contributed by atoms with van der Waals surface area (Å²) in [6.07, 6.45) is 3.39. The van der Waals surface area contributed by atoms with Gasteiger partial charge >= 0.3 is 0 Å². The highest BCUT2D eigenvalue weighted by atomic mass is 35.5. The summed E-state index contributed by atoms with van der Waals surface area (Å²) in [7, 11) is 0. The zero-order chi connectivity index (χ0) is 13.5. The molecule has 1 aromatic carbocycles. The molecule has 0 radical (unpaired) electrons. The van der Waals surface area contributed by atoms with Gasteiger partial charge in [0.2, 0.25) is 0 Å². The maximum Gasteiger partial charge on any atom is 0.251 e. The average Bonchev–Trinajstić information content (AvgIpc) is 2.29. The third-order valence-corrected chi connectivity index (χ3v) is 3.15. The number of amides is 1. The van der Waals surface area contributed by atoms with Crippen LogP contribution in [-0.4, -0.2) is 11.9 Å². The molecule has 0 aromatic heterocycles. The van der Waals surface area contributed by atoms with Crippen LogP contribution in [0.25, 0.3) is 0 Å². The van der Waals surface area contributed by atoms with E-state index >= 15 is 0 Å². The molecular weight excluding hydrogens is 246 g/mol. The Balaban J connectivity index is 2.37. The van der Waals surface area contributed by atoms with Crippen molar-refractivity contribution in [2.75, 3.05) is 0 Å². The Labute approximate surface area is 115 Å².